The van der Waals surface area contributed by atoms with Gasteiger partial charge in [0.25, 0.3) is 0 Å². The zero-order chi connectivity index (χ0) is 13.9. The van der Waals surface area contributed by atoms with E-state index < -0.39 is 0 Å². The highest BCUT2D eigenvalue weighted by molar-refractivity contribution is 6.07. The summed E-state index contributed by atoms with van der Waals surface area (Å²) in [7, 11) is 0. The number of hydrogen-bond donors (Lipinski definition) is 0. The number of carbonyl (C=O) groups excluding carboxylic acids is 1. The molecule has 0 atom stereocenters. The molecule has 1 heterocycles. The maximum absolute atomic E-state index is 12.6. The first kappa shape index (κ1) is 15.4. The van der Waals surface area contributed by atoms with Crippen LogP contribution in [-0.4, -0.2) is 5.78 Å². The van der Waals surface area contributed by atoms with E-state index in [1.54, 1.807) is 0 Å². The number of aromatic nitrogens is 1. The van der Waals surface area contributed by atoms with Crippen LogP contribution in [0.5, 0.6) is 0 Å². The molecule has 106 valence electrons. The van der Waals surface area contributed by atoms with Crippen LogP contribution in [0.4, 0.5) is 0 Å². The fraction of sp³-hybridized carbons (Fsp3) is 0.111. The lowest BCUT2D eigenvalue weighted by Gasteiger charge is -2.04. The van der Waals surface area contributed by atoms with Crippen molar-refractivity contribution in [2.45, 2.75) is 13.5 Å². The number of carbonyl (C=O) groups is 1. The van der Waals surface area contributed by atoms with Gasteiger partial charge in [-0.3, -0.25) is 4.79 Å². The van der Waals surface area contributed by atoms with Crippen LogP contribution in [0.15, 0.2) is 66.9 Å². The van der Waals surface area contributed by atoms with Crippen molar-refractivity contribution in [2.75, 3.05) is 0 Å². The van der Waals surface area contributed by atoms with Gasteiger partial charge in [0, 0.05) is 24.6 Å². The Balaban J connectivity index is 0.00000161. The second-order valence-corrected chi connectivity index (χ2v) is 4.92. The second kappa shape index (κ2) is 6.64. The molecule has 0 N–H and O–H groups in total. The van der Waals surface area contributed by atoms with Crippen molar-refractivity contribution in [3.63, 3.8) is 0 Å². The van der Waals surface area contributed by atoms with Gasteiger partial charge in [-0.1, -0.05) is 48.5 Å². The summed E-state index contributed by atoms with van der Waals surface area (Å²) >= 11 is 0. The Kier molecular flexibility index (Phi) is 4.86. The third-order valence-corrected chi connectivity index (χ3v) is 3.57. The van der Waals surface area contributed by atoms with E-state index >= 15 is 0 Å². The van der Waals surface area contributed by atoms with Gasteiger partial charge in [0.05, 0.1) is 0 Å². The molecule has 0 saturated heterocycles. The summed E-state index contributed by atoms with van der Waals surface area (Å²) in [6, 6.07) is 19.8. The number of hydrogen-bond acceptors (Lipinski definition) is 1. The first-order chi connectivity index (χ1) is 9.75. The largest absolute Gasteiger partial charge is 1.00 e. The molecule has 0 amide bonds. The number of pyridine rings is 1. The molecule has 0 aliphatic heterocycles. The van der Waals surface area contributed by atoms with E-state index in [2.05, 4.69) is 0 Å². The molecule has 1 aromatic heterocycles. The summed E-state index contributed by atoms with van der Waals surface area (Å²) < 4.78 is 1.98. The van der Waals surface area contributed by atoms with Crippen molar-refractivity contribution in [1.82, 2.24) is 0 Å². The maximum atomic E-state index is 12.6. The first-order valence-corrected chi connectivity index (χ1v) is 6.72. The first-order valence-electron chi connectivity index (χ1n) is 6.72. The third-order valence-electron chi connectivity index (χ3n) is 3.57. The molecular formula is C18H16BrNO. The quantitative estimate of drug-likeness (QED) is 0.496. The maximum Gasteiger partial charge on any atom is 0.228 e. The molecule has 0 fully saturated rings. The Morgan fingerprint density at radius 2 is 1.67 bits per heavy atom. The zero-order valence-electron chi connectivity index (χ0n) is 11.8. The molecule has 3 rings (SSSR count). The molecule has 0 aliphatic carbocycles. The zero-order valence-corrected chi connectivity index (χ0v) is 13.4. The summed E-state index contributed by atoms with van der Waals surface area (Å²) in [6.45, 7) is 2.39. The van der Waals surface area contributed by atoms with Crippen molar-refractivity contribution in [3.8, 4) is 0 Å². The Morgan fingerprint density at radius 3 is 2.48 bits per heavy atom. The highest BCUT2D eigenvalue weighted by Gasteiger charge is 2.15. The van der Waals surface area contributed by atoms with Gasteiger partial charge >= 0.3 is 0 Å². The van der Waals surface area contributed by atoms with Crippen molar-refractivity contribution in [1.29, 1.82) is 0 Å². The molecule has 2 nitrogen and oxygen atoms in total. The van der Waals surface area contributed by atoms with Gasteiger partial charge in [-0.25, -0.2) is 0 Å². The van der Waals surface area contributed by atoms with Crippen molar-refractivity contribution in [2.24, 2.45) is 0 Å². The van der Waals surface area contributed by atoms with E-state index in [4.69, 9.17) is 0 Å². The standard InChI is InChI=1S/C18H16NO.BrH/c1-14-7-4-5-12-19(14)13-18(20)17-11-6-9-15-8-2-3-10-16(15)17;/h2-12H,13H2,1H3;1H/q+1;/p-1. The minimum atomic E-state index is 0. The Bertz CT molecular complexity index is 778. The molecule has 0 bridgehead atoms. The minimum absolute atomic E-state index is 0. The Hall–Kier alpha value is -2.00. The fourth-order valence-corrected chi connectivity index (χ4v) is 2.45. The SMILES string of the molecule is Cc1cccc[n+]1CC(=O)c1cccc2ccccc12.[Br-]. The number of ketones is 1. The number of fused-ring (bicyclic) bond motifs is 1. The number of halogens is 1. The van der Waals surface area contributed by atoms with Crippen LogP contribution < -0.4 is 21.5 Å². The molecule has 0 saturated carbocycles. The van der Waals surface area contributed by atoms with Crippen LogP contribution in [0.2, 0.25) is 0 Å². The van der Waals surface area contributed by atoms with E-state index in [-0.39, 0.29) is 22.8 Å². The Morgan fingerprint density at radius 1 is 0.952 bits per heavy atom. The van der Waals surface area contributed by atoms with Gasteiger partial charge in [-0.15, -0.1) is 0 Å². The molecular weight excluding hydrogens is 326 g/mol. The van der Waals surface area contributed by atoms with Crippen LogP contribution in [0, 0.1) is 6.92 Å². The average molecular weight is 342 g/mol. The van der Waals surface area contributed by atoms with E-state index in [1.165, 1.54) is 0 Å². The monoisotopic (exact) mass is 341 g/mol. The van der Waals surface area contributed by atoms with Gasteiger partial charge in [0.2, 0.25) is 12.3 Å². The highest BCUT2D eigenvalue weighted by atomic mass is 79.9. The van der Waals surface area contributed by atoms with Crippen molar-refractivity contribution < 1.29 is 26.3 Å². The smallest absolute Gasteiger partial charge is 0.228 e. The fourth-order valence-electron chi connectivity index (χ4n) is 2.45. The molecule has 0 radical (unpaired) electrons. The van der Waals surface area contributed by atoms with Crippen molar-refractivity contribution >= 4 is 16.6 Å². The molecule has 0 unspecified atom stereocenters. The molecule has 2 aromatic carbocycles. The van der Waals surface area contributed by atoms with Gasteiger partial charge in [-0.05, 0) is 10.8 Å². The van der Waals surface area contributed by atoms with Gasteiger partial charge in [0.1, 0.15) is 0 Å². The number of aryl methyl sites for hydroxylation is 1. The van der Waals surface area contributed by atoms with Crippen LogP contribution in [0.1, 0.15) is 16.1 Å². The topological polar surface area (TPSA) is 20.9 Å². The lowest BCUT2D eigenvalue weighted by molar-refractivity contribution is -0.689. The van der Waals surface area contributed by atoms with Crippen LogP contribution in [0.25, 0.3) is 10.8 Å². The molecule has 0 aliphatic rings. The lowest BCUT2D eigenvalue weighted by Crippen LogP contribution is -3.00. The predicted octanol–water partition coefficient (Wildman–Crippen LogP) is 0.323. The Labute approximate surface area is 134 Å². The van der Waals surface area contributed by atoms with Gasteiger partial charge in [0.15, 0.2) is 11.9 Å². The molecule has 3 aromatic rings. The normalized spacial score (nSPS) is 10.1. The van der Waals surface area contributed by atoms with E-state index in [1.807, 2.05) is 78.4 Å². The number of nitrogens with zero attached hydrogens (tertiary/aromatic N) is 1. The van der Waals surface area contributed by atoms with E-state index in [0.29, 0.717) is 6.54 Å². The minimum Gasteiger partial charge on any atom is -1.00 e. The molecule has 3 heteroatoms. The van der Waals surface area contributed by atoms with Crippen LogP contribution in [-0.2, 0) is 6.54 Å². The number of Topliss-reactive ketones (excluding diaryl/α,β-unsaturated/α-hetero) is 1. The summed E-state index contributed by atoms with van der Waals surface area (Å²) in [5.74, 6) is 0.140. The van der Waals surface area contributed by atoms with Gasteiger partial charge < -0.3 is 17.0 Å². The van der Waals surface area contributed by atoms with Crippen LogP contribution >= 0.6 is 0 Å². The highest BCUT2D eigenvalue weighted by Crippen LogP contribution is 2.18. The average Bonchev–Trinajstić information content (AvgIpc) is 2.49. The van der Waals surface area contributed by atoms with Crippen LogP contribution in [0.3, 0.4) is 0 Å². The second-order valence-electron chi connectivity index (χ2n) is 4.92. The van der Waals surface area contributed by atoms with E-state index in [0.717, 1.165) is 22.0 Å². The lowest BCUT2D eigenvalue weighted by atomic mass is 10.0. The van der Waals surface area contributed by atoms with E-state index in [9.17, 15) is 4.79 Å². The van der Waals surface area contributed by atoms with Gasteiger partial charge in [-0.2, -0.15) is 4.57 Å². The number of benzene rings is 2. The van der Waals surface area contributed by atoms with Crippen molar-refractivity contribution in [3.05, 3.63) is 78.1 Å². The summed E-state index contributed by atoms with van der Waals surface area (Å²) in [5.41, 5.74) is 1.87. The molecule has 21 heavy (non-hydrogen) atoms. The summed E-state index contributed by atoms with van der Waals surface area (Å²) in [6.07, 6.45) is 1.94. The number of rotatable bonds is 3. The third kappa shape index (κ3) is 3.19. The summed E-state index contributed by atoms with van der Waals surface area (Å²) in [4.78, 5) is 12.6. The molecule has 0 spiro atoms. The summed E-state index contributed by atoms with van der Waals surface area (Å²) in [5, 5.41) is 2.13. The predicted molar refractivity (Wildman–Crippen MR) is 79.7 cm³/mol.